The summed E-state index contributed by atoms with van der Waals surface area (Å²) < 4.78 is 0. The molecule has 0 bridgehead atoms. The van der Waals surface area contributed by atoms with Crippen molar-refractivity contribution in [3.63, 3.8) is 0 Å². The smallest absolute Gasteiger partial charge is 0.220 e. The summed E-state index contributed by atoms with van der Waals surface area (Å²) in [5, 5.41) is 3.24. The zero-order valence-corrected chi connectivity index (χ0v) is 13.4. The van der Waals surface area contributed by atoms with Crippen LogP contribution in [0.3, 0.4) is 0 Å². The quantitative estimate of drug-likeness (QED) is 0.279. The average molecular weight is 299 g/mol. The monoisotopic (exact) mass is 299 g/mol. The van der Waals surface area contributed by atoms with E-state index in [1.807, 2.05) is 0 Å². The number of ketones is 1. The van der Waals surface area contributed by atoms with Crippen LogP contribution in [0.5, 0.6) is 0 Å². The van der Waals surface area contributed by atoms with Crippen molar-refractivity contribution in [2.45, 2.75) is 46.1 Å². The molecule has 0 radical (unpaired) electrons. The Hall–Kier alpha value is -1.63. The summed E-state index contributed by atoms with van der Waals surface area (Å²) in [4.78, 5) is 29.1. The van der Waals surface area contributed by atoms with E-state index >= 15 is 0 Å². The molecule has 0 aliphatic carbocycles. The van der Waals surface area contributed by atoms with Gasteiger partial charge in [-0.05, 0) is 32.7 Å². The van der Waals surface area contributed by atoms with Crippen LogP contribution in [-0.2, 0) is 9.59 Å². The predicted octanol–water partition coefficient (Wildman–Crippen LogP) is -0.154. The van der Waals surface area contributed by atoms with Gasteiger partial charge in [-0.2, -0.15) is 0 Å². The molecule has 0 fully saturated rings. The van der Waals surface area contributed by atoms with E-state index in [1.165, 1.54) is 13.8 Å². The molecule has 7 heteroatoms. The number of nitrogens with one attached hydrogen (secondary N) is 1. The van der Waals surface area contributed by atoms with Gasteiger partial charge in [-0.25, -0.2) is 0 Å². The first-order valence-electron chi connectivity index (χ1n) is 7.43. The van der Waals surface area contributed by atoms with E-state index in [1.54, 1.807) is 4.90 Å². The van der Waals surface area contributed by atoms with Crippen molar-refractivity contribution in [2.24, 2.45) is 16.5 Å². The summed E-state index contributed by atoms with van der Waals surface area (Å²) in [6, 6.07) is -0.403. The second kappa shape index (κ2) is 11.1. The van der Waals surface area contributed by atoms with Gasteiger partial charge in [0.05, 0.1) is 6.04 Å². The average Bonchev–Trinajstić information content (AvgIpc) is 2.39. The molecule has 1 atom stereocenters. The van der Waals surface area contributed by atoms with Crippen LogP contribution in [0.4, 0.5) is 0 Å². The van der Waals surface area contributed by atoms with Crippen molar-refractivity contribution in [3.8, 4) is 0 Å². The summed E-state index contributed by atoms with van der Waals surface area (Å²) in [6.07, 6.45) is 2.27. The fourth-order valence-corrected chi connectivity index (χ4v) is 2.11. The Kier molecular flexibility index (Phi) is 10.2. The van der Waals surface area contributed by atoms with Crippen LogP contribution in [0.25, 0.3) is 0 Å². The minimum absolute atomic E-state index is 0.00890. The highest BCUT2D eigenvalue weighted by Crippen LogP contribution is 2.09. The van der Waals surface area contributed by atoms with Crippen molar-refractivity contribution in [1.29, 1.82) is 0 Å². The Morgan fingerprint density at radius 1 is 1.24 bits per heavy atom. The molecule has 5 N–H and O–H groups in total. The van der Waals surface area contributed by atoms with E-state index in [4.69, 9.17) is 11.5 Å². The van der Waals surface area contributed by atoms with Crippen LogP contribution >= 0.6 is 0 Å². The summed E-state index contributed by atoms with van der Waals surface area (Å²) in [6.45, 7) is 7.67. The summed E-state index contributed by atoms with van der Waals surface area (Å²) >= 11 is 0. The van der Waals surface area contributed by atoms with E-state index in [-0.39, 0.29) is 17.6 Å². The Labute approximate surface area is 127 Å². The summed E-state index contributed by atoms with van der Waals surface area (Å²) in [5.74, 6) is -0.0534. The molecule has 0 unspecified atom stereocenters. The number of rotatable bonds is 11. The molecule has 0 saturated carbocycles. The maximum Gasteiger partial charge on any atom is 0.220 e. The number of carbonyl (C=O) groups excluding carboxylic acids is 2. The third-order valence-corrected chi connectivity index (χ3v) is 3.14. The lowest BCUT2D eigenvalue weighted by Gasteiger charge is -2.29. The lowest BCUT2D eigenvalue weighted by Crippen LogP contribution is -2.46. The lowest BCUT2D eigenvalue weighted by atomic mass is 10.1. The molecular weight excluding hydrogens is 270 g/mol. The lowest BCUT2D eigenvalue weighted by molar-refractivity contribution is -0.137. The number of hydrogen-bond acceptors (Lipinski definition) is 4. The van der Waals surface area contributed by atoms with Crippen molar-refractivity contribution < 1.29 is 9.59 Å². The molecular formula is C14H29N5O2. The van der Waals surface area contributed by atoms with Gasteiger partial charge < -0.3 is 21.7 Å². The number of Topliss-reactive ketones (excluding diaryl/α,β-unsaturated/α-hetero) is 1. The highest BCUT2D eigenvalue weighted by molar-refractivity contribution is 5.86. The topological polar surface area (TPSA) is 114 Å². The minimum atomic E-state index is -0.403. The molecule has 0 aliphatic heterocycles. The van der Waals surface area contributed by atoms with Gasteiger partial charge in [0, 0.05) is 26.6 Å². The van der Waals surface area contributed by atoms with Crippen LogP contribution < -0.4 is 16.8 Å². The molecule has 0 aromatic rings. The molecule has 0 aromatic carbocycles. The van der Waals surface area contributed by atoms with Gasteiger partial charge >= 0.3 is 0 Å². The standard InChI is InChI=1S/C14H29N5O2/c1-4-7-17-9-10-19(12(3)21)13(11(2)20)6-5-8-18-14(15)16/h13,17H,4-10H2,1-3H3,(H4,15,16,18)/t13-/m1/s1. The van der Waals surface area contributed by atoms with Gasteiger partial charge in [-0.15, -0.1) is 0 Å². The van der Waals surface area contributed by atoms with Crippen LogP contribution in [0.1, 0.15) is 40.0 Å². The first-order valence-corrected chi connectivity index (χ1v) is 7.43. The third kappa shape index (κ3) is 9.01. The normalized spacial score (nSPS) is 11.8. The maximum absolute atomic E-state index is 11.8. The Morgan fingerprint density at radius 3 is 2.38 bits per heavy atom. The zero-order valence-electron chi connectivity index (χ0n) is 13.4. The molecule has 0 spiro atoms. The first kappa shape index (κ1) is 19.4. The van der Waals surface area contributed by atoms with Gasteiger partial charge in [0.25, 0.3) is 0 Å². The number of nitrogens with two attached hydrogens (primary N) is 2. The largest absolute Gasteiger partial charge is 0.370 e. The van der Waals surface area contributed by atoms with E-state index in [0.717, 1.165) is 13.0 Å². The number of aliphatic imine (C=N–C) groups is 1. The number of hydrogen-bond donors (Lipinski definition) is 3. The van der Waals surface area contributed by atoms with E-state index < -0.39 is 6.04 Å². The molecule has 21 heavy (non-hydrogen) atoms. The highest BCUT2D eigenvalue weighted by Gasteiger charge is 2.24. The molecule has 0 saturated heterocycles. The SMILES string of the molecule is CCCNCCN(C(C)=O)[C@H](CCCN=C(N)N)C(C)=O. The van der Waals surface area contributed by atoms with E-state index in [0.29, 0.717) is 32.5 Å². The van der Waals surface area contributed by atoms with Gasteiger partial charge in [-0.1, -0.05) is 6.92 Å². The van der Waals surface area contributed by atoms with Crippen molar-refractivity contribution in [3.05, 3.63) is 0 Å². The third-order valence-electron chi connectivity index (χ3n) is 3.14. The van der Waals surface area contributed by atoms with Crippen molar-refractivity contribution >= 4 is 17.6 Å². The molecule has 7 nitrogen and oxygen atoms in total. The number of amides is 1. The second-order valence-electron chi connectivity index (χ2n) is 5.04. The molecule has 0 heterocycles. The zero-order chi connectivity index (χ0) is 16.3. The van der Waals surface area contributed by atoms with Crippen LogP contribution in [0.2, 0.25) is 0 Å². The van der Waals surface area contributed by atoms with Gasteiger partial charge in [0.2, 0.25) is 5.91 Å². The van der Waals surface area contributed by atoms with Crippen LogP contribution in [0.15, 0.2) is 4.99 Å². The van der Waals surface area contributed by atoms with Crippen molar-refractivity contribution in [1.82, 2.24) is 10.2 Å². The summed E-state index contributed by atoms with van der Waals surface area (Å²) in [7, 11) is 0. The molecule has 0 aliphatic rings. The fraction of sp³-hybridized carbons (Fsp3) is 0.786. The van der Waals surface area contributed by atoms with Crippen molar-refractivity contribution in [2.75, 3.05) is 26.2 Å². The molecule has 0 aromatic heterocycles. The molecule has 122 valence electrons. The fourth-order valence-electron chi connectivity index (χ4n) is 2.11. The number of nitrogens with zero attached hydrogens (tertiary/aromatic N) is 2. The molecule has 0 rings (SSSR count). The number of guanidine groups is 1. The van der Waals surface area contributed by atoms with E-state index in [2.05, 4.69) is 17.2 Å². The Morgan fingerprint density at radius 2 is 1.90 bits per heavy atom. The Bertz CT molecular complexity index is 353. The molecule has 1 amide bonds. The first-order chi connectivity index (χ1) is 9.90. The van der Waals surface area contributed by atoms with Crippen LogP contribution in [-0.4, -0.2) is 54.8 Å². The van der Waals surface area contributed by atoms with Crippen LogP contribution in [0, 0.1) is 0 Å². The highest BCUT2D eigenvalue weighted by atomic mass is 16.2. The van der Waals surface area contributed by atoms with Gasteiger partial charge in [0.1, 0.15) is 0 Å². The predicted molar refractivity (Wildman–Crippen MR) is 84.9 cm³/mol. The second-order valence-corrected chi connectivity index (χ2v) is 5.04. The summed E-state index contributed by atoms with van der Waals surface area (Å²) in [5.41, 5.74) is 10.5. The van der Waals surface area contributed by atoms with Gasteiger partial charge in [0.15, 0.2) is 11.7 Å². The minimum Gasteiger partial charge on any atom is -0.370 e. The Balaban J connectivity index is 4.49. The van der Waals surface area contributed by atoms with E-state index in [9.17, 15) is 9.59 Å². The maximum atomic E-state index is 11.8. The number of carbonyl (C=O) groups is 2. The van der Waals surface area contributed by atoms with Gasteiger partial charge in [-0.3, -0.25) is 14.6 Å².